The molecule has 1 aromatic rings. The van der Waals surface area contributed by atoms with Crippen molar-refractivity contribution in [2.45, 2.75) is 6.92 Å². The number of benzene rings is 1. The molecule has 100 valence electrons. The minimum atomic E-state index is -1.50. The van der Waals surface area contributed by atoms with Gasteiger partial charge >= 0.3 is 11.9 Å². The van der Waals surface area contributed by atoms with Crippen molar-refractivity contribution in [3.63, 3.8) is 0 Å². The van der Waals surface area contributed by atoms with Crippen molar-refractivity contribution in [2.24, 2.45) is 0 Å². The van der Waals surface area contributed by atoms with Crippen LogP contribution in [0.3, 0.4) is 0 Å². The Kier molecular flexibility index (Phi) is 5.15. The lowest BCUT2D eigenvalue weighted by atomic mass is 10.1. The highest BCUT2D eigenvalue weighted by Crippen LogP contribution is 2.23. The van der Waals surface area contributed by atoms with Crippen LogP contribution in [0, 0.1) is 0 Å². The van der Waals surface area contributed by atoms with E-state index in [9.17, 15) is 9.59 Å². The summed E-state index contributed by atoms with van der Waals surface area (Å²) >= 11 is 11.7. The first kappa shape index (κ1) is 15.3. The molecule has 0 spiro atoms. The fourth-order valence-electron chi connectivity index (χ4n) is 1.35. The van der Waals surface area contributed by atoms with Crippen LogP contribution in [0.1, 0.15) is 12.5 Å². The van der Waals surface area contributed by atoms with Crippen molar-refractivity contribution in [3.05, 3.63) is 51.0 Å². The summed E-state index contributed by atoms with van der Waals surface area (Å²) in [4.78, 5) is 21.4. The third kappa shape index (κ3) is 4.43. The molecule has 0 radical (unpaired) electrons. The molecule has 0 unspecified atom stereocenters. The van der Waals surface area contributed by atoms with Gasteiger partial charge in [-0.2, -0.15) is 0 Å². The molecule has 0 aromatic heterocycles. The quantitative estimate of drug-likeness (QED) is 0.386. The van der Waals surface area contributed by atoms with E-state index in [1.165, 1.54) is 0 Å². The molecule has 19 heavy (non-hydrogen) atoms. The van der Waals surface area contributed by atoms with Crippen molar-refractivity contribution < 1.29 is 19.8 Å². The maximum atomic E-state index is 10.7. The Hall–Kier alpha value is -1.78. The van der Waals surface area contributed by atoms with Crippen LogP contribution in [0.2, 0.25) is 10.0 Å². The topological polar surface area (TPSA) is 74.6 Å². The van der Waals surface area contributed by atoms with E-state index in [1.807, 2.05) is 0 Å². The van der Waals surface area contributed by atoms with Gasteiger partial charge in [-0.25, -0.2) is 9.59 Å². The fourth-order valence-corrected chi connectivity index (χ4v) is 1.81. The van der Waals surface area contributed by atoms with Crippen molar-refractivity contribution in [3.8, 4) is 0 Å². The summed E-state index contributed by atoms with van der Waals surface area (Å²) in [7, 11) is 0. The molecule has 1 rings (SSSR count). The third-order valence-corrected chi connectivity index (χ3v) is 2.74. The SMILES string of the molecule is C/C(C=C(C(=O)O)C(=O)O)=C\c1ccc(Cl)cc1Cl. The second-order valence-electron chi connectivity index (χ2n) is 3.72. The molecule has 6 heteroatoms. The molecule has 0 fully saturated rings. The largest absolute Gasteiger partial charge is 0.477 e. The predicted molar refractivity (Wildman–Crippen MR) is 73.5 cm³/mol. The Morgan fingerprint density at radius 2 is 1.74 bits per heavy atom. The molecular formula is C13H10Cl2O4. The first-order chi connectivity index (χ1) is 8.81. The number of hydrogen-bond acceptors (Lipinski definition) is 2. The molecular weight excluding hydrogens is 291 g/mol. The summed E-state index contributed by atoms with van der Waals surface area (Å²) in [6.45, 7) is 1.58. The Labute approximate surface area is 119 Å². The number of carboxylic acids is 2. The molecule has 0 aliphatic heterocycles. The van der Waals surface area contributed by atoms with Gasteiger partial charge in [0.2, 0.25) is 0 Å². The first-order valence-corrected chi connectivity index (χ1v) is 5.88. The average molecular weight is 301 g/mol. The van der Waals surface area contributed by atoms with Crippen LogP contribution in [-0.4, -0.2) is 22.2 Å². The van der Waals surface area contributed by atoms with E-state index >= 15 is 0 Å². The summed E-state index contributed by atoms with van der Waals surface area (Å²) in [5.74, 6) is -3.00. The first-order valence-electron chi connectivity index (χ1n) is 5.13. The van der Waals surface area contributed by atoms with Gasteiger partial charge in [-0.15, -0.1) is 0 Å². The molecule has 1 aromatic carbocycles. The number of rotatable bonds is 4. The fraction of sp³-hybridized carbons (Fsp3) is 0.0769. The zero-order valence-electron chi connectivity index (χ0n) is 9.85. The molecule has 0 aliphatic carbocycles. The maximum absolute atomic E-state index is 10.7. The molecule has 0 saturated carbocycles. The summed E-state index contributed by atoms with van der Waals surface area (Å²) in [5.41, 5.74) is 0.359. The van der Waals surface area contributed by atoms with Crippen LogP contribution in [0.4, 0.5) is 0 Å². The Balaban J connectivity index is 3.15. The van der Waals surface area contributed by atoms with Crippen LogP contribution < -0.4 is 0 Å². The van der Waals surface area contributed by atoms with E-state index in [2.05, 4.69) is 0 Å². The summed E-state index contributed by atoms with van der Waals surface area (Å²) < 4.78 is 0. The molecule has 2 N–H and O–H groups in total. The average Bonchev–Trinajstić information content (AvgIpc) is 2.29. The van der Waals surface area contributed by atoms with Gasteiger partial charge in [0.15, 0.2) is 0 Å². The van der Waals surface area contributed by atoms with E-state index in [-0.39, 0.29) is 0 Å². The van der Waals surface area contributed by atoms with Crippen molar-refractivity contribution in [1.82, 2.24) is 0 Å². The van der Waals surface area contributed by atoms with Gasteiger partial charge in [-0.3, -0.25) is 0 Å². The third-order valence-electron chi connectivity index (χ3n) is 2.18. The van der Waals surface area contributed by atoms with Crippen molar-refractivity contribution in [1.29, 1.82) is 0 Å². The van der Waals surface area contributed by atoms with E-state index < -0.39 is 17.5 Å². The van der Waals surface area contributed by atoms with Crippen LogP contribution in [0.5, 0.6) is 0 Å². The second kappa shape index (κ2) is 6.41. The number of aliphatic carboxylic acids is 2. The number of carbonyl (C=O) groups is 2. The standard InChI is InChI=1S/C13H10Cl2O4/c1-7(5-10(12(16)17)13(18)19)4-8-2-3-9(14)6-11(8)15/h2-6H,1H3,(H,16,17)(H,18,19)/b7-4+. The highest BCUT2D eigenvalue weighted by atomic mass is 35.5. The van der Waals surface area contributed by atoms with Crippen LogP contribution >= 0.6 is 23.2 Å². The van der Waals surface area contributed by atoms with Gasteiger partial charge in [0, 0.05) is 10.0 Å². The van der Waals surface area contributed by atoms with Crippen molar-refractivity contribution >= 4 is 41.2 Å². The summed E-state index contributed by atoms with van der Waals surface area (Å²) in [5, 5.41) is 18.3. The predicted octanol–water partition coefficient (Wildman–Crippen LogP) is 3.49. The molecule has 0 heterocycles. The van der Waals surface area contributed by atoms with Crippen LogP contribution in [0.15, 0.2) is 35.4 Å². The molecule has 4 nitrogen and oxygen atoms in total. The van der Waals surface area contributed by atoms with Gasteiger partial charge in [-0.05, 0) is 36.3 Å². The molecule has 0 amide bonds. The van der Waals surface area contributed by atoms with E-state index in [0.717, 1.165) is 6.08 Å². The lowest BCUT2D eigenvalue weighted by Gasteiger charge is -2.01. The number of hydrogen-bond donors (Lipinski definition) is 2. The lowest BCUT2D eigenvalue weighted by Crippen LogP contribution is -2.11. The molecule has 0 bridgehead atoms. The minimum Gasteiger partial charge on any atom is -0.477 e. The lowest BCUT2D eigenvalue weighted by molar-refractivity contribution is -0.140. The Morgan fingerprint density at radius 3 is 2.21 bits per heavy atom. The number of halogens is 2. The highest BCUT2D eigenvalue weighted by molar-refractivity contribution is 6.35. The Bertz CT molecular complexity index is 572. The van der Waals surface area contributed by atoms with Gasteiger partial charge in [0.25, 0.3) is 0 Å². The second-order valence-corrected chi connectivity index (χ2v) is 4.57. The van der Waals surface area contributed by atoms with Gasteiger partial charge < -0.3 is 10.2 Å². The van der Waals surface area contributed by atoms with Crippen molar-refractivity contribution in [2.75, 3.05) is 0 Å². The zero-order chi connectivity index (χ0) is 14.6. The van der Waals surface area contributed by atoms with Crippen LogP contribution in [0.25, 0.3) is 6.08 Å². The van der Waals surface area contributed by atoms with Crippen LogP contribution in [-0.2, 0) is 9.59 Å². The van der Waals surface area contributed by atoms with E-state index in [4.69, 9.17) is 33.4 Å². The molecule has 0 saturated heterocycles. The highest BCUT2D eigenvalue weighted by Gasteiger charge is 2.15. The Morgan fingerprint density at radius 1 is 1.16 bits per heavy atom. The number of allylic oxidation sites excluding steroid dienone is 2. The van der Waals surface area contributed by atoms with Gasteiger partial charge in [0.1, 0.15) is 5.57 Å². The van der Waals surface area contributed by atoms with E-state index in [1.54, 1.807) is 31.2 Å². The smallest absolute Gasteiger partial charge is 0.343 e. The number of carboxylic acid groups (broad SMARTS) is 2. The molecule has 0 atom stereocenters. The summed E-state index contributed by atoms with van der Waals surface area (Å²) in [6.07, 6.45) is 2.64. The van der Waals surface area contributed by atoms with E-state index in [0.29, 0.717) is 21.2 Å². The molecule has 0 aliphatic rings. The zero-order valence-corrected chi connectivity index (χ0v) is 11.4. The van der Waals surface area contributed by atoms with Gasteiger partial charge in [0.05, 0.1) is 0 Å². The maximum Gasteiger partial charge on any atom is 0.343 e. The van der Waals surface area contributed by atoms with Gasteiger partial charge in [-0.1, -0.05) is 35.3 Å². The normalized spacial score (nSPS) is 11.0. The minimum absolute atomic E-state index is 0.396. The monoisotopic (exact) mass is 300 g/mol. The summed E-state index contributed by atoms with van der Waals surface area (Å²) in [6, 6.07) is 4.83.